The fraction of sp³-hybridized carbons (Fsp3) is 0.273. The van der Waals surface area contributed by atoms with Crippen molar-refractivity contribution in [2.75, 3.05) is 0 Å². The Morgan fingerprint density at radius 1 is 1.08 bits per heavy atom. The smallest absolute Gasteiger partial charge is 0.347 e. The lowest BCUT2D eigenvalue weighted by atomic mass is 9.92. The van der Waals surface area contributed by atoms with E-state index in [1.54, 1.807) is 0 Å². The van der Waals surface area contributed by atoms with Gasteiger partial charge in [-0.3, -0.25) is 18.7 Å². The number of aliphatic carboxylic acids is 2. The maximum Gasteiger partial charge on any atom is 0.347 e. The summed E-state index contributed by atoms with van der Waals surface area (Å²) in [5, 5.41) is 24.5. The molecule has 0 saturated heterocycles. The van der Waals surface area contributed by atoms with Gasteiger partial charge in [-0.25, -0.2) is 0 Å². The first-order valence-electron chi connectivity index (χ1n) is 6.10. The van der Waals surface area contributed by atoms with Crippen LogP contribution in [0, 0.1) is 0 Å². The minimum Gasteiger partial charge on any atom is -0.508 e. The Balaban J connectivity index is 3.73. The average molecular weight is 384 g/mol. The van der Waals surface area contributed by atoms with Crippen LogP contribution in [0.4, 0.5) is 0 Å². The molecule has 13 heteroatoms. The highest BCUT2D eigenvalue weighted by molar-refractivity contribution is 7.55. The fourth-order valence-corrected chi connectivity index (χ4v) is 4.22. The van der Waals surface area contributed by atoms with Crippen LogP contribution < -0.4 is 0 Å². The highest BCUT2D eigenvalue weighted by atomic mass is 31.2. The number of hydrogen-bond acceptors (Lipinski definition) is 5. The Bertz CT molecular complexity index is 748. The average Bonchev–Trinajstić information content (AvgIpc) is 2.35. The standard InChI is InChI=1S/C11H14O11P2/c12-7-3-1-2-6(4-7)11(10(15)16,24(20,21)22)5-8(9(13)14)23(17,18)19/h1-4,8,12H,5H2,(H,13,14)(H,15,16)(H2,17,18,19)(H2,20,21,22). The Kier molecular flexibility index (Phi) is 5.62. The third-order valence-electron chi connectivity index (χ3n) is 3.35. The quantitative estimate of drug-likeness (QED) is 0.308. The SMILES string of the molecule is O=C(O)C(CC(C(=O)O)(c1cccc(O)c1)P(=O)(O)O)P(=O)(O)O. The monoisotopic (exact) mass is 384 g/mol. The van der Waals surface area contributed by atoms with Gasteiger partial charge in [0, 0.05) is 6.42 Å². The zero-order valence-corrected chi connectivity index (χ0v) is 13.5. The number of benzene rings is 1. The lowest BCUT2D eigenvalue weighted by molar-refractivity contribution is -0.142. The van der Waals surface area contributed by atoms with E-state index < -0.39 is 55.7 Å². The van der Waals surface area contributed by atoms with Crippen LogP contribution in [0.1, 0.15) is 12.0 Å². The first-order valence-corrected chi connectivity index (χ1v) is 9.39. The molecule has 2 atom stereocenters. The molecule has 1 aromatic rings. The topological polar surface area (TPSA) is 210 Å². The van der Waals surface area contributed by atoms with Crippen LogP contribution in [0.15, 0.2) is 24.3 Å². The third-order valence-corrected chi connectivity index (χ3v) is 6.20. The molecule has 0 fully saturated rings. The number of hydrogen-bond donors (Lipinski definition) is 7. The Morgan fingerprint density at radius 2 is 1.62 bits per heavy atom. The molecule has 11 nitrogen and oxygen atoms in total. The molecule has 0 bridgehead atoms. The second kappa shape index (κ2) is 6.64. The summed E-state index contributed by atoms with van der Waals surface area (Å²) in [5.41, 5.74) is -3.37. The van der Waals surface area contributed by atoms with Crippen LogP contribution in [0.5, 0.6) is 5.75 Å². The number of carboxylic acids is 2. The molecule has 0 heterocycles. The third kappa shape index (κ3) is 3.84. The molecule has 0 spiro atoms. The fourth-order valence-electron chi connectivity index (χ4n) is 2.13. The molecule has 0 aromatic heterocycles. The summed E-state index contributed by atoms with van der Waals surface area (Å²) < 4.78 is 23.2. The summed E-state index contributed by atoms with van der Waals surface area (Å²) in [7, 11) is -11.1. The molecular weight excluding hydrogens is 370 g/mol. The van der Waals surface area contributed by atoms with Crippen molar-refractivity contribution in [2.24, 2.45) is 0 Å². The van der Waals surface area contributed by atoms with Crippen molar-refractivity contribution in [3.63, 3.8) is 0 Å². The maximum absolute atomic E-state index is 11.9. The van der Waals surface area contributed by atoms with Gasteiger partial charge in [0.25, 0.3) is 0 Å². The minimum atomic E-state index is -5.69. The van der Waals surface area contributed by atoms with Gasteiger partial charge in [0.15, 0.2) is 10.8 Å². The Hall–Kier alpha value is -1.74. The lowest BCUT2D eigenvalue weighted by Gasteiger charge is -2.32. The van der Waals surface area contributed by atoms with Gasteiger partial charge in [0.05, 0.1) is 0 Å². The van der Waals surface area contributed by atoms with E-state index in [9.17, 15) is 38.7 Å². The normalized spacial score (nSPS) is 16.2. The highest BCUT2D eigenvalue weighted by Gasteiger charge is 2.59. The number of phenolic OH excluding ortho intramolecular Hbond substituents is 1. The van der Waals surface area contributed by atoms with Gasteiger partial charge in [0.2, 0.25) is 0 Å². The second-order valence-corrected chi connectivity index (χ2v) is 8.56. The summed E-state index contributed by atoms with van der Waals surface area (Å²) in [6.07, 6.45) is -1.59. The van der Waals surface area contributed by atoms with E-state index in [0.29, 0.717) is 6.07 Å². The second-order valence-electron chi connectivity index (χ2n) is 4.91. The zero-order valence-electron chi connectivity index (χ0n) is 11.8. The highest BCUT2D eigenvalue weighted by Crippen LogP contribution is 2.62. The van der Waals surface area contributed by atoms with Crippen LogP contribution in [0.2, 0.25) is 0 Å². The van der Waals surface area contributed by atoms with Gasteiger partial charge >= 0.3 is 27.1 Å². The molecule has 2 unspecified atom stereocenters. The molecule has 7 N–H and O–H groups in total. The zero-order chi connectivity index (χ0) is 18.9. The van der Waals surface area contributed by atoms with Gasteiger partial charge in [-0.05, 0) is 17.7 Å². The first-order chi connectivity index (χ1) is 10.7. The van der Waals surface area contributed by atoms with Crippen molar-refractivity contribution in [3.05, 3.63) is 29.8 Å². The van der Waals surface area contributed by atoms with E-state index in [1.165, 1.54) is 0 Å². The number of phenols is 1. The van der Waals surface area contributed by atoms with Crippen LogP contribution in [0.25, 0.3) is 0 Å². The van der Waals surface area contributed by atoms with Gasteiger partial charge in [-0.2, -0.15) is 0 Å². The lowest BCUT2D eigenvalue weighted by Crippen LogP contribution is -2.41. The van der Waals surface area contributed by atoms with E-state index >= 15 is 0 Å². The van der Waals surface area contributed by atoms with Crippen LogP contribution in [-0.4, -0.2) is 52.5 Å². The number of aromatic hydroxyl groups is 1. The predicted molar refractivity (Wildman–Crippen MR) is 77.5 cm³/mol. The van der Waals surface area contributed by atoms with Crippen molar-refractivity contribution in [2.45, 2.75) is 17.2 Å². The summed E-state index contributed by atoms with van der Waals surface area (Å²) in [4.78, 5) is 60.0. The van der Waals surface area contributed by atoms with Crippen molar-refractivity contribution in [1.29, 1.82) is 0 Å². The molecule has 0 radical (unpaired) electrons. The number of carbonyl (C=O) groups is 2. The van der Waals surface area contributed by atoms with Gasteiger partial charge < -0.3 is 34.9 Å². The summed E-state index contributed by atoms with van der Waals surface area (Å²) in [6.45, 7) is 0. The summed E-state index contributed by atoms with van der Waals surface area (Å²) in [6, 6.07) is 3.68. The van der Waals surface area contributed by atoms with Crippen molar-refractivity contribution in [1.82, 2.24) is 0 Å². The van der Waals surface area contributed by atoms with E-state index in [1.807, 2.05) is 0 Å². The maximum atomic E-state index is 11.9. The molecule has 134 valence electrons. The molecule has 1 rings (SSSR count). The molecule has 1 aromatic carbocycles. The molecule has 0 aliphatic carbocycles. The van der Waals surface area contributed by atoms with Crippen molar-refractivity contribution < 1.29 is 53.6 Å². The molecule has 0 saturated carbocycles. The molecular formula is C11H14O11P2. The van der Waals surface area contributed by atoms with E-state index in [4.69, 9.17) is 14.9 Å². The van der Waals surface area contributed by atoms with Crippen LogP contribution in [0.3, 0.4) is 0 Å². The van der Waals surface area contributed by atoms with Crippen molar-refractivity contribution >= 4 is 27.1 Å². The first kappa shape index (κ1) is 20.3. The number of rotatable bonds is 7. The summed E-state index contributed by atoms with van der Waals surface area (Å²) in [5.74, 6) is -4.89. The predicted octanol–water partition coefficient (Wildman–Crippen LogP) is -0.129. The van der Waals surface area contributed by atoms with Gasteiger partial charge in [-0.1, -0.05) is 12.1 Å². The van der Waals surface area contributed by atoms with E-state index in [2.05, 4.69) is 0 Å². The van der Waals surface area contributed by atoms with Gasteiger partial charge in [-0.15, -0.1) is 0 Å². The van der Waals surface area contributed by atoms with E-state index in [-0.39, 0.29) is 0 Å². The minimum absolute atomic E-state index is 0.574. The largest absolute Gasteiger partial charge is 0.508 e. The van der Waals surface area contributed by atoms with Crippen LogP contribution >= 0.6 is 15.2 Å². The Morgan fingerprint density at radius 3 is 1.96 bits per heavy atom. The Labute approximate surface area is 134 Å². The van der Waals surface area contributed by atoms with Gasteiger partial charge in [0.1, 0.15) is 5.75 Å². The van der Waals surface area contributed by atoms with Crippen LogP contribution in [-0.2, 0) is 23.9 Å². The molecule has 0 aliphatic rings. The number of carboxylic acid groups (broad SMARTS) is 2. The molecule has 24 heavy (non-hydrogen) atoms. The molecule has 0 aliphatic heterocycles. The summed E-state index contributed by atoms with van der Waals surface area (Å²) >= 11 is 0. The van der Waals surface area contributed by atoms with E-state index in [0.717, 1.165) is 18.2 Å². The molecule has 0 amide bonds. The van der Waals surface area contributed by atoms with Crippen molar-refractivity contribution in [3.8, 4) is 5.75 Å².